The SMILES string of the molecule is CCOc1ccc(CCCNC(=O)[C@@H](C)N(c2cccc(C)c2)S(C)(=O)=O)cc1. The maximum atomic E-state index is 12.6. The van der Waals surface area contributed by atoms with Gasteiger partial charge in [-0.15, -0.1) is 0 Å². The van der Waals surface area contributed by atoms with Crippen molar-refractivity contribution >= 4 is 21.6 Å². The molecular weight excluding hydrogens is 388 g/mol. The summed E-state index contributed by atoms with van der Waals surface area (Å²) in [5, 5.41) is 2.85. The Balaban J connectivity index is 1.92. The van der Waals surface area contributed by atoms with Crippen molar-refractivity contribution in [1.82, 2.24) is 5.32 Å². The van der Waals surface area contributed by atoms with Crippen molar-refractivity contribution in [3.8, 4) is 5.75 Å². The van der Waals surface area contributed by atoms with Gasteiger partial charge in [-0.25, -0.2) is 8.42 Å². The minimum absolute atomic E-state index is 0.316. The molecule has 7 heteroatoms. The zero-order valence-electron chi connectivity index (χ0n) is 17.5. The van der Waals surface area contributed by atoms with Gasteiger partial charge in [-0.05, 0) is 69.0 Å². The van der Waals surface area contributed by atoms with Crippen molar-refractivity contribution in [3.63, 3.8) is 0 Å². The van der Waals surface area contributed by atoms with Crippen LogP contribution in [0.15, 0.2) is 48.5 Å². The number of aryl methyl sites for hydroxylation is 2. The van der Waals surface area contributed by atoms with Gasteiger partial charge in [0.15, 0.2) is 0 Å². The number of benzene rings is 2. The quantitative estimate of drug-likeness (QED) is 0.601. The van der Waals surface area contributed by atoms with Gasteiger partial charge in [0.05, 0.1) is 18.6 Å². The molecule has 2 aromatic carbocycles. The average Bonchev–Trinajstić information content (AvgIpc) is 2.65. The first-order chi connectivity index (χ1) is 13.7. The molecule has 0 aliphatic carbocycles. The van der Waals surface area contributed by atoms with E-state index in [9.17, 15) is 13.2 Å². The summed E-state index contributed by atoms with van der Waals surface area (Å²) in [5.74, 6) is 0.527. The molecule has 0 heterocycles. The molecule has 0 fully saturated rings. The van der Waals surface area contributed by atoms with Crippen molar-refractivity contribution in [2.75, 3.05) is 23.7 Å². The van der Waals surface area contributed by atoms with Gasteiger partial charge in [-0.3, -0.25) is 9.10 Å². The van der Waals surface area contributed by atoms with E-state index in [2.05, 4.69) is 5.32 Å². The van der Waals surface area contributed by atoms with Gasteiger partial charge >= 0.3 is 0 Å². The lowest BCUT2D eigenvalue weighted by molar-refractivity contribution is -0.121. The normalized spacial score (nSPS) is 12.3. The van der Waals surface area contributed by atoms with Crippen LogP contribution < -0.4 is 14.4 Å². The second-order valence-corrected chi connectivity index (χ2v) is 8.90. The Morgan fingerprint density at radius 2 is 1.86 bits per heavy atom. The summed E-state index contributed by atoms with van der Waals surface area (Å²) in [6.45, 7) is 6.54. The van der Waals surface area contributed by atoms with E-state index in [0.717, 1.165) is 36.0 Å². The number of ether oxygens (including phenoxy) is 1. The number of amides is 1. The van der Waals surface area contributed by atoms with Crippen LogP contribution in [-0.2, 0) is 21.2 Å². The molecule has 0 radical (unpaired) electrons. The lowest BCUT2D eigenvalue weighted by Gasteiger charge is -2.28. The van der Waals surface area contributed by atoms with E-state index in [0.29, 0.717) is 18.8 Å². The van der Waals surface area contributed by atoms with Crippen LogP contribution in [0.5, 0.6) is 5.75 Å². The van der Waals surface area contributed by atoms with E-state index in [1.165, 1.54) is 4.31 Å². The molecule has 0 spiro atoms. The fourth-order valence-electron chi connectivity index (χ4n) is 3.14. The minimum Gasteiger partial charge on any atom is -0.494 e. The maximum absolute atomic E-state index is 12.6. The van der Waals surface area contributed by atoms with Crippen LogP contribution in [0.4, 0.5) is 5.69 Å². The number of rotatable bonds is 10. The van der Waals surface area contributed by atoms with E-state index in [1.54, 1.807) is 25.1 Å². The molecule has 1 amide bonds. The highest BCUT2D eigenvalue weighted by Crippen LogP contribution is 2.22. The zero-order valence-corrected chi connectivity index (χ0v) is 18.3. The number of carbonyl (C=O) groups excluding carboxylic acids is 1. The van der Waals surface area contributed by atoms with Crippen LogP contribution in [0.2, 0.25) is 0 Å². The van der Waals surface area contributed by atoms with Gasteiger partial charge in [0.2, 0.25) is 15.9 Å². The van der Waals surface area contributed by atoms with Crippen LogP contribution in [0.3, 0.4) is 0 Å². The molecule has 0 aliphatic rings. The molecule has 1 atom stereocenters. The Labute approximate surface area is 173 Å². The third-order valence-electron chi connectivity index (χ3n) is 4.52. The van der Waals surface area contributed by atoms with Crippen LogP contribution in [0, 0.1) is 6.92 Å². The molecule has 158 valence electrons. The molecule has 0 bridgehead atoms. The third-order valence-corrected chi connectivity index (χ3v) is 5.76. The highest BCUT2D eigenvalue weighted by Gasteiger charge is 2.28. The molecule has 0 saturated heterocycles. The predicted octanol–water partition coefficient (Wildman–Crippen LogP) is 3.30. The number of nitrogens with one attached hydrogen (secondary N) is 1. The van der Waals surface area contributed by atoms with Gasteiger partial charge < -0.3 is 10.1 Å². The van der Waals surface area contributed by atoms with Crippen molar-refractivity contribution in [2.24, 2.45) is 0 Å². The number of nitrogens with zero attached hydrogens (tertiary/aromatic N) is 1. The van der Waals surface area contributed by atoms with Gasteiger partial charge in [0, 0.05) is 6.54 Å². The Hall–Kier alpha value is -2.54. The molecule has 0 unspecified atom stereocenters. The van der Waals surface area contributed by atoms with Crippen molar-refractivity contribution in [3.05, 3.63) is 59.7 Å². The monoisotopic (exact) mass is 418 g/mol. The number of hydrogen-bond donors (Lipinski definition) is 1. The first kappa shape index (κ1) is 22.7. The lowest BCUT2D eigenvalue weighted by Crippen LogP contribution is -2.48. The van der Waals surface area contributed by atoms with Gasteiger partial charge in [-0.2, -0.15) is 0 Å². The highest BCUT2D eigenvalue weighted by atomic mass is 32.2. The van der Waals surface area contributed by atoms with E-state index in [-0.39, 0.29) is 5.91 Å². The highest BCUT2D eigenvalue weighted by molar-refractivity contribution is 7.92. The third kappa shape index (κ3) is 6.78. The van der Waals surface area contributed by atoms with Crippen LogP contribution in [0.1, 0.15) is 31.4 Å². The zero-order chi connectivity index (χ0) is 21.4. The summed E-state index contributed by atoms with van der Waals surface area (Å²) in [6, 6.07) is 14.2. The predicted molar refractivity (Wildman–Crippen MR) is 117 cm³/mol. The van der Waals surface area contributed by atoms with Crippen LogP contribution in [0.25, 0.3) is 0 Å². The number of anilines is 1. The maximum Gasteiger partial charge on any atom is 0.243 e. The summed E-state index contributed by atoms with van der Waals surface area (Å²) in [6.07, 6.45) is 2.69. The largest absolute Gasteiger partial charge is 0.494 e. The lowest BCUT2D eigenvalue weighted by atomic mass is 10.1. The van der Waals surface area contributed by atoms with E-state index in [4.69, 9.17) is 4.74 Å². The standard InChI is InChI=1S/C22H30N2O4S/c1-5-28-21-13-11-19(12-14-21)9-7-15-23-22(25)18(3)24(29(4,26)27)20-10-6-8-17(2)16-20/h6,8,10-14,16,18H,5,7,9,15H2,1-4H3,(H,23,25)/t18-/m1/s1. The second-order valence-electron chi connectivity index (χ2n) is 7.05. The van der Waals surface area contributed by atoms with E-state index >= 15 is 0 Å². The molecule has 6 nitrogen and oxygen atoms in total. The summed E-state index contributed by atoms with van der Waals surface area (Å²) in [5.41, 5.74) is 2.58. The van der Waals surface area contributed by atoms with Crippen molar-refractivity contribution < 1.29 is 17.9 Å². The van der Waals surface area contributed by atoms with Crippen LogP contribution >= 0.6 is 0 Å². The number of carbonyl (C=O) groups is 1. The summed E-state index contributed by atoms with van der Waals surface area (Å²) in [4.78, 5) is 12.6. The Morgan fingerprint density at radius 3 is 2.45 bits per heavy atom. The molecule has 2 aromatic rings. The Kier molecular flexibility index (Phi) is 8.08. The van der Waals surface area contributed by atoms with Crippen molar-refractivity contribution in [1.29, 1.82) is 0 Å². The van der Waals surface area contributed by atoms with Gasteiger partial charge in [0.25, 0.3) is 0 Å². The summed E-state index contributed by atoms with van der Waals surface area (Å²) < 4.78 is 31.2. The molecule has 1 N–H and O–H groups in total. The molecule has 2 rings (SSSR count). The Bertz CT molecular complexity index is 911. The summed E-state index contributed by atoms with van der Waals surface area (Å²) in [7, 11) is -3.60. The van der Waals surface area contributed by atoms with Gasteiger partial charge in [-0.1, -0.05) is 24.3 Å². The molecule has 0 saturated carbocycles. The molecule has 29 heavy (non-hydrogen) atoms. The van der Waals surface area contributed by atoms with E-state index in [1.807, 2.05) is 44.2 Å². The average molecular weight is 419 g/mol. The van der Waals surface area contributed by atoms with Gasteiger partial charge in [0.1, 0.15) is 11.8 Å². The summed E-state index contributed by atoms with van der Waals surface area (Å²) >= 11 is 0. The molecule has 0 aromatic heterocycles. The first-order valence-electron chi connectivity index (χ1n) is 9.78. The fourth-order valence-corrected chi connectivity index (χ4v) is 4.31. The second kappa shape index (κ2) is 10.3. The van der Waals surface area contributed by atoms with E-state index < -0.39 is 16.1 Å². The minimum atomic E-state index is -3.60. The fraction of sp³-hybridized carbons (Fsp3) is 0.409. The smallest absolute Gasteiger partial charge is 0.243 e. The van der Waals surface area contributed by atoms with Crippen LogP contribution in [-0.4, -0.2) is 39.8 Å². The first-order valence-corrected chi connectivity index (χ1v) is 11.6. The molecular formula is C22H30N2O4S. The number of hydrogen-bond acceptors (Lipinski definition) is 4. The molecule has 0 aliphatic heterocycles. The van der Waals surface area contributed by atoms with Crippen molar-refractivity contribution in [2.45, 2.75) is 39.7 Å². The Morgan fingerprint density at radius 1 is 1.17 bits per heavy atom. The number of sulfonamides is 1. The topological polar surface area (TPSA) is 75.7 Å².